The molecule has 0 aromatic rings. The Hall–Kier alpha value is -1.12. The van der Waals surface area contributed by atoms with Crippen LogP contribution in [0.1, 0.15) is 19.3 Å². The van der Waals surface area contributed by atoms with Crippen molar-refractivity contribution in [3.8, 4) is 0 Å². The van der Waals surface area contributed by atoms with E-state index in [1.807, 2.05) is 0 Å². The lowest BCUT2D eigenvalue weighted by Crippen LogP contribution is -2.34. The van der Waals surface area contributed by atoms with E-state index in [-0.39, 0.29) is 17.2 Å². The maximum Gasteiger partial charge on any atom is 0.233 e. The highest BCUT2D eigenvalue weighted by atomic mass is 16.2. The van der Waals surface area contributed by atoms with Crippen molar-refractivity contribution in [2.24, 2.45) is 17.3 Å². The first-order valence-corrected chi connectivity index (χ1v) is 4.73. The number of carbonyl (C=O) groups is 2. The number of amides is 2. The van der Waals surface area contributed by atoms with E-state index < -0.39 is 0 Å². The Bertz CT molecular complexity index is 334. The minimum atomic E-state index is -0.351. The molecule has 3 nitrogen and oxygen atoms in total. The van der Waals surface area contributed by atoms with Crippen LogP contribution in [0.2, 0.25) is 0 Å². The van der Waals surface area contributed by atoms with Crippen LogP contribution in [0.25, 0.3) is 0 Å². The first-order chi connectivity index (χ1) is 6.21. The summed E-state index contributed by atoms with van der Waals surface area (Å²) in [5.74, 6) is 0.742. The largest absolute Gasteiger partial charge is 0.296 e. The summed E-state index contributed by atoms with van der Waals surface area (Å²) in [6, 6.07) is 0. The molecular formula is C10H11NO2. The van der Waals surface area contributed by atoms with Gasteiger partial charge in [0.05, 0.1) is 5.41 Å². The quantitative estimate of drug-likeness (QED) is 0.435. The lowest BCUT2D eigenvalue weighted by molar-refractivity contribution is -0.129. The van der Waals surface area contributed by atoms with E-state index in [0.29, 0.717) is 18.3 Å². The van der Waals surface area contributed by atoms with Crippen molar-refractivity contribution in [1.82, 2.24) is 5.32 Å². The summed E-state index contributed by atoms with van der Waals surface area (Å²) in [4.78, 5) is 22.8. The fraction of sp³-hybridized carbons (Fsp3) is 0.600. The average Bonchev–Trinajstić information content (AvgIpc) is 2.68. The first kappa shape index (κ1) is 7.30. The molecule has 2 bridgehead atoms. The number of nitrogens with one attached hydrogen (secondary N) is 1. The summed E-state index contributed by atoms with van der Waals surface area (Å²) in [5, 5.41) is 2.42. The Morgan fingerprint density at radius 3 is 2.69 bits per heavy atom. The Labute approximate surface area is 76.2 Å². The van der Waals surface area contributed by atoms with Gasteiger partial charge in [-0.2, -0.15) is 0 Å². The second-order valence-corrected chi connectivity index (χ2v) is 4.40. The van der Waals surface area contributed by atoms with Crippen molar-refractivity contribution in [3.63, 3.8) is 0 Å². The van der Waals surface area contributed by atoms with Crippen molar-refractivity contribution in [2.45, 2.75) is 19.3 Å². The van der Waals surface area contributed by atoms with E-state index in [0.717, 1.165) is 12.8 Å². The van der Waals surface area contributed by atoms with Gasteiger partial charge in [-0.05, 0) is 24.7 Å². The van der Waals surface area contributed by atoms with Crippen LogP contribution >= 0.6 is 0 Å². The van der Waals surface area contributed by atoms with Gasteiger partial charge in [-0.15, -0.1) is 0 Å². The van der Waals surface area contributed by atoms with Crippen LogP contribution in [0, 0.1) is 17.3 Å². The average molecular weight is 177 g/mol. The number of fused-ring (bicyclic) bond motifs is 3. The molecule has 1 N–H and O–H groups in total. The molecule has 3 aliphatic rings. The molecule has 3 unspecified atom stereocenters. The van der Waals surface area contributed by atoms with Gasteiger partial charge in [-0.25, -0.2) is 0 Å². The van der Waals surface area contributed by atoms with Crippen molar-refractivity contribution in [2.75, 3.05) is 0 Å². The normalized spacial score (nSPS) is 46.5. The van der Waals surface area contributed by atoms with Crippen LogP contribution in [0.4, 0.5) is 0 Å². The summed E-state index contributed by atoms with van der Waals surface area (Å²) < 4.78 is 0. The SMILES string of the molecule is O=C1CC2(CC3C=CC2C3)C(=O)N1. The molecule has 1 saturated heterocycles. The van der Waals surface area contributed by atoms with Crippen molar-refractivity contribution in [3.05, 3.63) is 12.2 Å². The summed E-state index contributed by atoms with van der Waals surface area (Å²) in [6.45, 7) is 0. The first-order valence-electron chi connectivity index (χ1n) is 4.73. The molecule has 3 heteroatoms. The molecule has 1 saturated carbocycles. The monoisotopic (exact) mass is 177 g/mol. The fourth-order valence-corrected chi connectivity index (χ4v) is 3.08. The van der Waals surface area contributed by atoms with Gasteiger partial charge in [0.2, 0.25) is 11.8 Å². The number of rotatable bonds is 0. The van der Waals surface area contributed by atoms with Crippen LogP contribution in [0.3, 0.4) is 0 Å². The van der Waals surface area contributed by atoms with Crippen LogP contribution in [-0.2, 0) is 9.59 Å². The molecule has 2 amide bonds. The lowest BCUT2D eigenvalue weighted by atomic mass is 9.74. The van der Waals surface area contributed by atoms with Crippen LogP contribution in [-0.4, -0.2) is 11.8 Å². The summed E-state index contributed by atoms with van der Waals surface area (Å²) >= 11 is 0. The van der Waals surface area contributed by atoms with E-state index >= 15 is 0 Å². The number of imide groups is 1. The predicted octanol–water partition coefficient (Wildman–Crippen LogP) is 0.615. The molecule has 2 aliphatic carbocycles. The van der Waals surface area contributed by atoms with E-state index in [4.69, 9.17) is 0 Å². The molecule has 3 rings (SSSR count). The topological polar surface area (TPSA) is 46.2 Å². The summed E-state index contributed by atoms with van der Waals surface area (Å²) in [6.07, 6.45) is 6.67. The van der Waals surface area contributed by atoms with E-state index in [2.05, 4.69) is 17.5 Å². The third-order valence-corrected chi connectivity index (χ3v) is 3.69. The second kappa shape index (κ2) is 2.03. The van der Waals surface area contributed by atoms with Crippen molar-refractivity contribution in [1.29, 1.82) is 0 Å². The fourth-order valence-electron chi connectivity index (χ4n) is 3.08. The van der Waals surface area contributed by atoms with Gasteiger partial charge in [0.1, 0.15) is 0 Å². The predicted molar refractivity (Wildman–Crippen MR) is 45.6 cm³/mol. The minimum absolute atomic E-state index is 0.0330. The highest BCUT2D eigenvalue weighted by molar-refractivity contribution is 6.06. The highest BCUT2D eigenvalue weighted by Gasteiger charge is 2.57. The lowest BCUT2D eigenvalue weighted by Gasteiger charge is -2.26. The molecular weight excluding hydrogens is 166 g/mol. The van der Waals surface area contributed by atoms with Gasteiger partial charge in [0, 0.05) is 6.42 Å². The zero-order valence-corrected chi connectivity index (χ0v) is 7.25. The van der Waals surface area contributed by atoms with Gasteiger partial charge < -0.3 is 0 Å². The second-order valence-electron chi connectivity index (χ2n) is 4.40. The number of hydrogen-bond donors (Lipinski definition) is 1. The van der Waals surface area contributed by atoms with Gasteiger partial charge in [0.25, 0.3) is 0 Å². The molecule has 1 aliphatic heterocycles. The molecule has 0 radical (unpaired) electrons. The smallest absolute Gasteiger partial charge is 0.233 e. The Morgan fingerprint density at radius 2 is 2.23 bits per heavy atom. The van der Waals surface area contributed by atoms with E-state index in [9.17, 15) is 9.59 Å². The standard InChI is InChI=1S/C10H11NO2/c12-8-5-10(9(13)11-8)4-6-1-2-7(10)3-6/h1-2,6-7H,3-5H2,(H,11,12,13). The zero-order chi connectivity index (χ0) is 9.05. The van der Waals surface area contributed by atoms with E-state index in [1.54, 1.807) is 0 Å². The van der Waals surface area contributed by atoms with Gasteiger partial charge in [-0.1, -0.05) is 12.2 Å². The minimum Gasteiger partial charge on any atom is -0.296 e. The molecule has 3 atom stereocenters. The molecule has 0 aromatic carbocycles. The molecule has 0 aromatic heterocycles. The molecule has 1 heterocycles. The maximum absolute atomic E-state index is 11.6. The zero-order valence-electron chi connectivity index (χ0n) is 7.25. The van der Waals surface area contributed by atoms with E-state index in [1.165, 1.54) is 0 Å². The van der Waals surface area contributed by atoms with Gasteiger partial charge in [0.15, 0.2) is 0 Å². The Kier molecular flexibility index (Phi) is 1.14. The Morgan fingerprint density at radius 1 is 1.38 bits per heavy atom. The number of carbonyl (C=O) groups excluding carboxylic acids is 2. The van der Waals surface area contributed by atoms with Crippen LogP contribution < -0.4 is 5.32 Å². The van der Waals surface area contributed by atoms with Crippen LogP contribution in [0.15, 0.2) is 12.2 Å². The number of allylic oxidation sites excluding steroid dienone is 2. The molecule has 1 spiro atoms. The van der Waals surface area contributed by atoms with Crippen molar-refractivity contribution >= 4 is 11.8 Å². The highest BCUT2D eigenvalue weighted by Crippen LogP contribution is 2.55. The Balaban J connectivity index is 2.03. The maximum atomic E-state index is 11.6. The van der Waals surface area contributed by atoms with Crippen LogP contribution in [0.5, 0.6) is 0 Å². The van der Waals surface area contributed by atoms with Gasteiger partial charge in [-0.3, -0.25) is 14.9 Å². The molecule has 68 valence electrons. The van der Waals surface area contributed by atoms with Gasteiger partial charge >= 0.3 is 0 Å². The number of hydrogen-bond acceptors (Lipinski definition) is 2. The molecule has 13 heavy (non-hydrogen) atoms. The van der Waals surface area contributed by atoms with Crippen molar-refractivity contribution < 1.29 is 9.59 Å². The summed E-state index contributed by atoms with van der Waals surface area (Å²) in [7, 11) is 0. The molecule has 2 fully saturated rings. The third-order valence-electron chi connectivity index (χ3n) is 3.69. The summed E-state index contributed by atoms with van der Waals surface area (Å²) in [5.41, 5.74) is -0.351. The third kappa shape index (κ3) is 0.747.